The second-order valence-electron chi connectivity index (χ2n) is 3.96. The number of carbonyl (C=O) groups is 1. The largest absolute Gasteiger partial charge is 0.313 e. The zero-order chi connectivity index (χ0) is 13.1. The highest BCUT2D eigenvalue weighted by Gasteiger charge is 2.10. The normalized spacial score (nSPS) is 10.6. The van der Waals surface area contributed by atoms with Crippen molar-refractivity contribution in [3.8, 4) is 5.69 Å². The van der Waals surface area contributed by atoms with Gasteiger partial charge < -0.3 is 9.88 Å². The first-order valence-electron chi connectivity index (χ1n) is 5.61. The summed E-state index contributed by atoms with van der Waals surface area (Å²) in [5.74, 6) is 0.875. The van der Waals surface area contributed by atoms with Crippen LogP contribution in [0.25, 0.3) is 5.69 Å². The Morgan fingerprint density at radius 1 is 1.50 bits per heavy atom. The van der Waals surface area contributed by atoms with Crippen LogP contribution in [-0.2, 0) is 0 Å². The number of aromatic nitrogens is 2. The number of halogens is 1. The van der Waals surface area contributed by atoms with Gasteiger partial charge in [0.15, 0.2) is 5.78 Å². The molecule has 0 aliphatic heterocycles. The van der Waals surface area contributed by atoms with Crippen molar-refractivity contribution >= 4 is 17.4 Å². The van der Waals surface area contributed by atoms with E-state index >= 15 is 0 Å². The van der Waals surface area contributed by atoms with E-state index in [9.17, 15) is 4.79 Å². The van der Waals surface area contributed by atoms with Crippen molar-refractivity contribution in [3.05, 3.63) is 47.0 Å². The zero-order valence-electron chi connectivity index (χ0n) is 10.3. The average molecular weight is 264 g/mol. The van der Waals surface area contributed by atoms with Gasteiger partial charge in [0.2, 0.25) is 0 Å². The summed E-state index contributed by atoms with van der Waals surface area (Å²) in [6, 6.07) is 5.30. The number of likely N-dealkylation sites (N-methyl/N-ethyl adjacent to an activating group) is 1. The van der Waals surface area contributed by atoms with E-state index in [0.29, 0.717) is 17.1 Å². The fraction of sp³-hybridized carbons (Fsp3) is 0.231. The third kappa shape index (κ3) is 2.44. The first-order valence-corrected chi connectivity index (χ1v) is 5.99. The van der Waals surface area contributed by atoms with Crippen LogP contribution in [0.15, 0.2) is 30.6 Å². The Bertz CT molecular complexity index is 577. The predicted octanol–water partition coefficient (Wildman–Crippen LogP) is 2.24. The summed E-state index contributed by atoms with van der Waals surface area (Å²) in [5.41, 5.74) is 1.43. The van der Waals surface area contributed by atoms with E-state index in [4.69, 9.17) is 11.6 Å². The fourth-order valence-electron chi connectivity index (χ4n) is 1.77. The molecule has 2 rings (SSSR count). The summed E-state index contributed by atoms with van der Waals surface area (Å²) >= 11 is 6.22. The van der Waals surface area contributed by atoms with Gasteiger partial charge in [0.1, 0.15) is 5.82 Å². The monoisotopic (exact) mass is 263 g/mol. The maximum absolute atomic E-state index is 11.7. The van der Waals surface area contributed by atoms with Gasteiger partial charge in [0.05, 0.1) is 17.3 Å². The molecule has 94 valence electrons. The minimum Gasteiger partial charge on any atom is -0.313 e. The molecule has 4 nitrogen and oxygen atoms in total. The number of aryl methyl sites for hydroxylation is 1. The second-order valence-corrected chi connectivity index (χ2v) is 4.37. The topological polar surface area (TPSA) is 46.9 Å². The van der Waals surface area contributed by atoms with Gasteiger partial charge in [0.25, 0.3) is 0 Å². The Balaban J connectivity index is 2.37. The lowest BCUT2D eigenvalue weighted by atomic mass is 10.1. The van der Waals surface area contributed by atoms with Gasteiger partial charge in [-0.1, -0.05) is 11.6 Å². The number of carbonyl (C=O) groups excluding carboxylic acids is 1. The van der Waals surface area contributed by atoms with Crippen LogP contribution in [0.5, 0.6) is 0 Å². The first kappa shape index (κ1) is 12.8. The molecule has 1 aromatic carbocycles. The van der Waals surface area contributed by atoms with E-state index in [1.807, 2.05) is 23.8 Å². The maximum atomic E-state index is 11.7. The van der Waals surface area contributed by atoms with Crippen molar-refractivity contribution in [1.82, 2.24) is 14.9 Å². The highest BCUT2D eigenvalue weighted by molar-refractivity contribution is 6.32. The van der Waals surface area contributed by atoms with E-state index < -0.39 is 0 Å². The number of imidazole rings is 1. The SMILES string of the molecule is CNCC(=O)c1ccc(-n2ccnc2C)c(Cl)c1. The lowest BCUT2D eigenvalue weighted by Gasteiger charge is -2.09. The molecule has 0 radical (unpaired) electrons. The molecule has 0 atom stereocenters. The molecule has 0 aliphatic carbocycles. The van der Waals surface area contributed by atoms with Crippen LogP contribution in [0.3, 0.4) is 0 Å². The summed E-state index contributed by atoms with van der Waals surface area (Å²) in [6.45, 7) is 2.20. The van der Waals surface area contributed by atoms with Crippen molar-refractivity contribution in [2.45, 2.75) is 6.92 Å². The molecule has 2 aromatic rings. The predicted molar refractivity (Wildman–Crippen MR) is 71.6 cm³/mol. The summed E-state index contributed by atoms with van der Waals surface area (Å²) in [5, 5.41) is 3.37. The Kier molecular flexibility index (Phi) is 3.79. The molecule has 0 saturated heterocycles. The molecule has 1 heterocycles. The average Bonchev–Trinajstić information content (AvgIpc) is 2.75. The van der Waals surface area contributed by atoms with Crippen molar-refractivity contribution in [3.63, 3.8) is 0 Å². The minimum absolute atomic E-state index is 0.0216. The van der Waals surface area contributed by atoms with Crippen LogP contribution < -0.4 is 5.32 Å². The molecule has 18 heavy (non-hydrogen) atoms. The Labute approximate surface area is 111 Å². The highest BCUT2D eigenvalue weighted by Crippen LogP contribution is 2.23. The summed E-state index contributed by atoms with van der Waals surface area (Å²) in [4.78, 5) is 15.9. The molecule has 0 spiro atoms. The Morgan fingerprint density at radius 2 is 2.28 bits per heavy atom. The number of nitrogens with zero attached hydrogens (tertiary/aromatic N) is 2. The maximum Gasteiger partial charge on any atom is 0.176 e. The molecule has 0 unspecified atom stereocenters. The quantitative estimate of drug-likeness (QED) is 0.861. The van der Waals surface area contributed by atoms with Crippen LogP contribution in [0, 0.1) is 6.92 Å². The van der Waals surface area contributed by atoms with Gasteiger partial charge >= 0.3 is 0 Å². The molecule has 0 amide bonds. The third-order valence-electron chi connectivity index (χ3n) is 2.69. The van der Waals surface area contributed by atoms with Gasteiger partial charge in [-0.3, -0.25) is 4.79 Å². The number of rotatable bonds is 4. The molecule has 0 saturated carbocycles. The number of ketones is 1. The molecular weight excluding hydrogens is 250 g/mol. The van der Waals surface area contributed by atoms with Gasteiger partial charge in [0, 0.05) is 18.0 Å². The number of hydrogen-bond donors (Lipinski definition) is 1. The van der Waals surface area contributed by atoms with Gasteiger partial charge in [-0.05, 0) is 32.2 Å². The summed E-state index contributed by atoms with van der Waals surface area (Å²) < 4.78 is 1.88. The lowest BCUT2D eigenvalue weighted by molar-refractivity contribution is 0.0993. The molecular formula is C13H14ClN3O. The summed E-state index contributed by atoms with van der Waals surface area (Å²) in [6.07, 6.45) is 3.55. The molecule has 1 aromatic heterocycles. The number of nitrogens with one attached hydrogen (secondary N) is 1. The zero-order valence-corrected chi connectivity index (χ0v) is 11.0. The highest BCUT2D eigenvalue weighted by atomic mass is 35.5. The standard InChI is InChI=1S/C13H14ClN3O/c1-9-16-5-6-17(9)12-4-3-10(7-11(12)14)13(18)8-15-2/h3-7,15H,8H2,1-2H3. The second kappa shape index (κ2) is 5.33. The van der Waals surface area contributed by atoms with Crippen LogP contribution in [0.4, 0.5) is 0 Å². The van der Waals surface area contributed by atoms with Crippen molar-refractivity contribution in [2.75, 3.05) is 13.6 Å². The van der Waals surface area contributed by atoms with Crippen LogP contribution in [0.1, 0.15) is 16.2 Å². The van der Waals surface area contributed by atoms with Gasteiger partial charge in [-0.25, -0.2) is 4.98 Å². The van der Waals surface area contributed by atoms with E-state index in [0.717, 1.165) is 11.5 Å². The van der Waals surface area contributed by atoms with Gasteiger partial charge in [-0.15, -0.1) is 0 Å². The van der Waals surface area contributed by atoms with E-state index in [-0.39, 0.29) is 5.78 Å². The minimum atomic E-state index is 0.0216. The third-order valence-corrected chi connectivity index (χ3v) is 3.00. The number of hydrogen-bond acceptors (Lipinski definition) is 3. The smallest absolute Gasteiger partial charge is 0.176 e. The van der Waals surface area contributed by atoms with E-state index in [2.05, 4.69) is 10.3 Å². The Morgan fingerprint density at radius 3 is 2.83 bits per heavy atom. The van der Waals surface area contributed by atoms with Gasteiger partial charge in [-0.2, -0.15) is 0 Å². The van der Waals surface area contributed by atoms with Crippen molar-refractivity contribution in [1.29, 1.82) is 0 Å². The van der Waals surface area contributed by atoms with Crippen LogP contribution in [-0.4, -0.2) is 28.9 Å². The number of Topliss-reactive ketones (excluding diaryl/α,β-unsaturated/α-hetero) is 1. The van der Waals surface area contributed by atoms with Crippen molar-refractivity contribution in [2.24, 2.45) is 0 Å². The van der Waals surface area contributed by atoms with Crippen LogP contribution in [0.2, 0.25) is 5.02 Å². The van der Waals surface area contributed by atoms with E-state index in [1.54, 1.807) is 25.4 Å². The first-order chi connectivity index (χ1) is 8.63. The Hall–Kier alpha value is -1.65. The molecule has 0 fully saturated rings. The fourth-order valence-corrected chi connectivity index (χ4v) is 2.04. The molecule has 0 aliphatic rings. The summed E-state index contributed by atoms with van der Waals surface area (Å²) in [7, 11) is 1.74. The number of benzene rings is 1. The van der Waals surface area contributed by atoms with Crippen LogP contribution >= 0.6 is 11.6 Å². The molecule has 1 N–H and O–H groups in total. The lowest BCUT2D eigenvalue weighted by Crippen LogP contribution is -2.18. The van der Waals surface area contributed by atoms with Crippen molar-refractivity contribution < 1.29 is 4.79 Å². The van der Waals surface area contributed by atoms with E-state index in [1.165, 1.54) is 0 Å². The molecule has 0 bridgehead atoms. The molecule has 5 heteroatoms.